The third kappa shape index (κ3) is 3.27. The molecule has 4 fully saturated rings. The number of benzene rings is 2. The van der Waals surface area contributed by atoms with E-state index >= 15 is 4.39 Å². The van der Waals surface area contributed by atoms with Crippen LogP contribution in [0.3, 0.4) is 0 Å². The number of aliphatic hydroxyl groups is 1. The molecule has 7 heteroatoms. The van der Waals surface area contributed by atoms with Crippen LogP contribution >= 0.6 is 0 Å². The monoisotopic (exact) mass is 482 g/mol. The van der Waals surface area contributed by atoms with E-state index in [4.69, 9.17) is 0 Å². The third-order valence-corrected chi connectivity index (χ3v) is 11.0. The Morgan fingerprint density at radius 1 is 1.00 bits per heavy atom. The number of β-amino-alcohol motifs (C(OH)–C–C–N with tert-alkyl or cyclic N) is 1. The number of halogens is 1. The van der Waals surface area contributed by atoms with Gasteiger partial charge in [0.25, 0.3) is 0 Å². The molecule has 0 bridgehead atoms. The Labute approximate surface area is 200 Å². The molecule has 3 saturated carbocycles. The maximum Gasteiger partial charge on any atom is 0.235 e. The number of hydrogen-bond acceptors (Lipinski definition) is 4. The predicted molar refractivity (Wildman–Crippen MR) is 129 cm³/mol. The maximum atomic E-state index is 15.2. The molecule has 5 nitrogen and oxygen atoms in total. The number of piperidine rings is 1. The van der Waals surface area contributed by atoms with Crippen molar-refractivity contribution in [1.82, 2.24) is 4.90 Å². The van der Waals surface area contributed by atoms with Gasteiger partial charge in [-0.15, -0.1) is 0 Å². The van der Waals surface area contributed by atoms with Gasteiger partial charge in [-0.3, -0.25) is 9.62 Å². The number of rotatable bonds is 7. The van der Waals surface area contributed by atoms with Gasteiger partial charge in [-0.05, 0) is 78.3 Å². The third-order valence-electron chi connectivity index (χ3n) is 9.10. The topological polar surface area (TPSA) is 69.6 Å². The van der Waals surface area contributed by atoms with Crippen molar-refractivity contribution >= 4 is 15.7 Å². The van der Waals surface area contributed by atoms with Crippen molar-refractivity contribution in [3.8, 4) is 0 Å². The van der Waals surface area contributed by atoms with Gasteiger partial charge in [0.1, 0.15) is 5.82 Å². The molecule has 0 radical (unpaired) electrons. The van der Waals surface area contributed by atoms with Crippen LogP contribution in [0.5, 0.6) is 0 Å². The van der Waals surface area contributed by atoms with E-state index in [1.54, 1.807) is 12.1 Å². The molecule has 180 valence electrons. The van der Waals surface area contributed by atoms with Crippen LogP contribution in [0.15, 0.2) is 42.5 Å². The zero-order valence-electron chi connectivity index (χ0n) is 19.2. The SMILES string of the molecule is O=S(=O)(Nc1ccc(F)c(C2(C3CC3)C3CN(CC4(O)Cc5ccccc5C4)CC32)c1)C1CC1. The molecule has 1 aliphatic heterocycles. The molecule has 2 aromatic rings. The van der Waals surface area contributed by atoms with E-state index < -0.39 is 15.6 Å². The highest BCUT2D eigenvalue weighted by Crippen LogP contribution is 2.73. The minimum atomic E-state index is -3.38. The molecule has 2 aromatic carbocycles. The second-order valence-electron chi connectivity index (χ2n) is 11.5. The van der Waals surface area contributed by atoms with E-state index in [1.807, 2.05) is 12.1 Å². The highest BCUT2D eigenvalue weighted by atomic mass is 32.2. The minimum absolute atomic E-state index is 0.178. The Bertz CT molecular complexity index is 1230. The molecule has 0 aromatic heterocycles. The van der Waals surface area contributed by atoms with Crippen molar-refractivity contribution < 1.29 is 17.9 Å². The molecule has 4 aliphatic carbocycles. The summed E-state index contributed by atoms with van der Waals surface area (Å²) in [6.45, 7) is 2.40. The van der Waals surface area contributed by atoms with Crippen LogP contribution in [-0.2, 0) is 28.3 Å². The fourth-order valence-corrected chi connectivity index (χ4v) is 8.79. The second kappa shape index (κ2) is 7.05. The summed E-state index contributed by atoms with van der Waals surface area (Å²) in [4.78, 5) is 2.37. The van der Waals surface area contributed by atoms with Gasteiger partial charge < -0.3 is 5.11 Å². The van der Waals surface area contributed by atoms with Crippen molar-refractivity contribution in [3.63, 3.8) is 0 Å². The summed E-state index contributed by atoms with van der Waals surface area (Å²) < 4.78 is 42.8. The fourth-order valence-electron chi connectivity index (χ4n) is 7.41. The van der Waals surface area contributed by atoms with Gasteiger partial charge in [0.2, 0.25) is 10.0 Å². The van der Waals surface area contributed by atoms with Gasteiger partial charge in [-0.2, -0.15) is 0 Å². The minimum Gasteiger partial charge on any atom is -0.388 e. The molecular formula is C27H31FN2O3S. The van der Waals surface area contributed by atoms with E-state index in [-0.39, 0.29) is 16.5 Å². The first-order chi connectivity index (χ1) is 16.3. The van der Waals surface area contributed by atoms with Crippen molar-refractivity contribution in [2.45, 2.75) is 54.8 Å². The van der Waals surface area contributed by atoms with Crippen LogP contribution < -0.4 is 4.72 Å². The van der Waals surface area contributed by atoms with Gasteiger partial charge in [-0.25, -0.2) is 12.8 Å². The largest absolute Gasteiger partial charge is 0.388 e. The quantitative estimate of drug-likeness (QED) is 0.634. The smallest absolute Gasteiger partial charge is 0.235 e. The molecule has 0 spiro atoms. The van der Waals surface area contributed by atoms with E-state index in [2.05, 4.69) is 21.8 Å². The van der Waals surface area contributed by atoms with Crippen LogP contribution in [0, 0.1) is 23.6 Å². The number of nitrogens with zero attached hydrogens (tertiary/aromatic N) is 1. The van der Waals surface area contributed by atoms with Gasteiger partial charge in [0.15, 0.2) is 0 Å². The molecule has 34 heavy (non-hydrogen) atoms. The number of fused-ring (bicyclic) bond motifs is 2. The van der Waals surface area contributed by atoms with E-state index in [9.17, 15) is 13.5 Å². The highest BCUT2D eigenvalue weighted by molar-refractivity contribution is 7.93. The lowest BCUT2D eigenvalue weighted by Gasteiger charge is -2.33. The molecule has 1 saturated heterocycles. The maximum absolute atomic E-state index is 15.2. The molecule has 2 unspecified atom stereocenters. The second-order valence-corrected chi connectivity index (χ2v) is 13.5. The molecule has 5 aliphatic rings. The molecule has 7 rings (SSSR count). The summed E-state index contributed by atoms with van der Waals surface area (Å²) in [6, 6.07) is 13.1. The lowest BCUT2D eigenvalue weighted by atomic mass is 9.84. The van der Waals surface area contributed by atoms with Crippen molar-refractivity contribution in [2.75, 3.05) is 24.4 Å². The lowest BCUT2D eigenvalue weighted by Crippen LogP contribution is -2.45. The van der Waals surface area contributed by atoms with Crippen molar-refractivity contribution in [3.05, 3.63) is 65.0 Å². The van der Waals surface area contributed by atoms with E-state index in [1.165, 1.54) is 17.2 Å². The van der Waals surface area contributed by atoms with Crippen LogP contribution in [0.25, 0.3) is 0 Å². The normalized spacial score (nSPS) is 31.8. The van der Waals surface area contributed by atoms with Crippen LogP contribution in [0.4, 0.5) is 10.1 Å². The van der Waals surface area contributed by atoms with Crippen LogP contribution in [0.1, 0.15) is 42.4 Å². The van der Waals surface area contributed by atoms with Gasteiger partial charge >= 0.3 is 0 Å². The summed E-state index contributed by atoms with van der Waals surface area (Å²) in [7, 11) is -3.38. The number of hydrogen-bond donors (Lipinski definition) is 2. The van der Waals surface area contributed by atoms with Crippen LogP contribution in [0.2, 0.25) is 0 Å². The molecular weight excluding hydrogens is 451 g/mol. The van der Waals surface area contributed by atoms with Gasteiger partial charge in [-0.1, -0.05) is 24.3 Å². The molecule has 2 atom stereocenters. The lowest BCUT2D eigenvalue weighted by molar-refractivity contribution is 0.0135. The first-order valence-corrected chi connectivity index (χ1v) is 14.2. The molecule has 2 N–H and O–H groups in total. The summed E-state index contributed by atoms with van der Waals surface area (Å²) in [5.74, 6) is 1.01. The summed E-state index contributed by atoms with van der Waals surface area (Å²) in [6.07, 6.45) is 5.02. The Morgan fingerprint density at radius 2 is 1.65 bits per heavy atom. The van der Waals surface area contributed by atoms with Crippen molar-refractivity contribution in [1.29, 1.82) is 0 Å². The summed E-state index contributed by atoms with van der Waals surface area (Å²) in [5.41, 5.74) is 2.77. The molecule has 0 amide bonds. The first-order valence-electron chi connectivity index (χ1n) is 12.6. The Kier molecular flexibility index (Phi) is 4.42. The van der Waals surface area contributed by atoms with Crippen LogP contribution in [-0.4, -0.2) is 48.9 Å². The van der Waals surface area contributed by atoms with E-state index in [0.717, 1.165) is 25.9 Å². The summed E-state index contributed by atoms with van der Waals surface area (Å²) >= 11 is 0. The van der Waals surface area contributed by atoms with Gasteiger partial charge in [0, 0.05) is 43.6 Å². The standard InChI is InChI=1S/C27H31FN2O3S/c28-25-10-7-20(29-34(32,33)21-8-9-21)11-22(25)27(19-5-6-19)23-14-30(15-24(23)27)16-26(31)12-17-3-1-2-4-18(17)13-26/h1-4,7,10-11,19,21,23-24,29,31H,5-6,8-9,12-16H2. The summed E-state index contributed by atoms with van der Waals surface area (Å²) in [5, 5.41) is 11.0. The Hall–Kier alpha value is -1.96. The Morgan fingerprint density at radius 3 is 2.24 bits per heavy atom. The highest BCUT2D eigenvalue weighted by Gasteiger charge is 2.74. The first kappa shape index (κ1) is 21.3. The zero-order chi connectivity index (χ0) is 23.3. The number of anilines is 1. The predicted octanol–water partition coefficient (Wildman–Crippen LogP) is 3.47. The van der Waals surface area contributed by atoms with Crippen molar-refractivity contribution in [2.24, 2.45) is 17.8 Å². The zero-order valence-corrected chi connectivity index (χ0v) is 20.0. The number of likely N-dealkylation sites (tertiary alicyclic amines) is 1. The average molecular weight is 483 g/mol. The molecule has 1 heterocycles. The van der Waals surface area contributed by atoms with E-state index in [0.29, 0.717) is 61.2 Å². The number of sulfonamides is 1. The average Bonchev–Trinajstić information content (AvgIpc) is 3.69. The number of nitrogens with one attached hydrogen (secondary N) is 1. The fraction of sp³-hybridized carbons (Fsp3) is 0.556. The van der Waals surface area contributed by atoms with Gasteiger partial charge in [0.05, 0.1) is 10.9 Å². The Balaban J connectivity index is 1.10.